The number of para-hydroxylation sites is 1. The molecule has 0 spiro atoms. The maximum absolute atomic E-state index is 12.6. The van der Waals surface area contributed by atoms with Gasteiger partial charge < -0.3 is 5.11 Å². The molecule has 2 heterocycles. The molecule has 4 nitrogen and oxygen atoms in total. The predicted octanol–water partition coefficient (Wildman–Crippen LogP) is 19.5. The third kappa shape index (κ3) is 7.50. The lowest BCUT2D eigenvalue weighted by molar-refractivity contribution is 0.446. The van der Waals surface area contributed by atoms with Gasteiger partial charge in [0.1, 0.15) is 11.6 Å². The van der Waals surface area contributed by atoms with Gasteiger partial charge in [-0.25, -0.2) is 4.98 Å². The molecular formula is C72H55N3O. The number of aromatic nitrogens is 3. The number of aromatic hydroxyl groups is 1. The highest BCUT2D eigenvalue weighted by Crippen LogP contribution is 2.46. The van der Waals surface area contributed by atoms with Crippen LogP contribution in [0.4, 0.5) is 0 Å². The van der Waals surface area contributed by atoms with E-state index in [1.807, 2.05) is 6.20 Å². The van der Waals surface area contributed by atoms with Crippen molar-refractivity contribution in [2.24, 2.45) is 0 Å². The molecule has 12 bridgehead atoms. The van der Waals surface area contributed by atoms with Crippen LogP contribution in [-0.4, -0.2) is 19.6 Å². The molecule has 4 heteroatoms. The van der Waals surface area contributed by atoms with E-state index in [1.54, 1.807) is 0 Å². The summed E-state index contributed by atoms with van der Waals surface area (Å²) in [5.41, 5.74) is 10.2. The van der Waals surface area contributed by atoms with Crippen molar-refractivity contribution in [1.29, 1.82) is 0 Å². The van der Waals surface area contributed by atoms with Crippen molar-refractivity contribution in [3.8, 4) is 45.1 Å². The molecule has 14 rings (SSSR count). The molecule has 2 aromatic heterocycles. The third-order valence-corrected chi connectivity index (χ3v) is 15.9. The molecule has 0 radical (unpaired) electrons. The van der Waals surface area contributed by atoms with Gasteiger partial charge in [0.05, 0.1) is 22.1 Å². The number of hydrogen-bond acceptors (Lipinski definition) is 3. The van der Waals surface area contributed by atoms with E-state index in [0.717, 1.165) is 104 Å². The highest BCUT2D eigenvalue weighted by atomic mass is 16.3. The Kier molecular flexibility index (Phi) is 10.2. The maximum atomic E-state index is 12.6. The van der Waals surface area contributed by atoms with Gasteiger partial charge in [0.15, 0.2) is 0 Å². The van der Waals surface area contributed by atoms with Crippen molar-refractivity contribution in [2.45, 2.75) is 52.4 Å². The number of rotatable bonds is 4. The van der Waals surface area contributed by atoms with E-state index in [1.165, 1.54) is 32.3 Å². The van der Waals surface area contributed by atoms with Crippen LogP contribution >= 0.6 is 0 Å². The highest BCUT2D eigenvalue weighted by molar-refractivity contribution is 6.19. The third-order valence-electron chi connectivity index (χ3n) is 15.9. The van der Waals surface area contributed by atoms with Crippen LogP contribution in [0.2, 0.25) is 0 Å². The molecule has 0 atom stereocenters. The molecule has 14 aromatic rings. The van der Waals surface area contributed by atoms with Crippen LogP contribution in [0.1, 0.15) is 52.7 Å². The van der Waals surface area contributed by atoms with Crippen molar-refractivity contribution in [1.82, 2.24) is 14.5 Å². The van der Waals surface area contributed by atoms with Crippen LogP contribution in [0, 0.1) is 0 Å². The molecular weight excluding hydrogens is 923 g/mol. The predicted molar refractivity (Wildman–Crippen MR) is 323 cm³/mol. The van der Waals surface area contributed by atoms with Gasteiger partial charge >= 0.3 is 0 Å². The molecule has 0 aliphatic rings. The first-order valence-electron chi connectivity index (χ1n) is 26.4. The molecule has 0 unspecified atom stereocenters. The minimum atomic E-state index is -0.337. The number of pyridine rings is 1. The second kappa shape index (κ2) is 17.0. The van der Waals surface area contributed by atoms with Crippen LogP contribution in [0.25, 0.3) is 137 Å². The monoisotopic (exact) mass is 977 g/mol. The molecule has 0 aliphatic carbocycles. The molecule has 12 aromatic carbocycles. The molecule has 0 amide bonds. The quantitative estimate of drug-likeness (QED) is 0.179. The number of nitrogens with zero attached hydrogens (tertiary/aromatic N) is 3. The van der Waals surface area contributed by atoms with E-state index in [2.05, 4.69) is 258 Å². The fraction of sp³-hybridized carbons (Fsp3) is 0.111. The van der Waals surface area contributed by atoms with E-state index in [4.69, 9.17) is 9.97 Å². The summed E-state index contributed by atoms with van der Waals surface area (Å²) < 4.78 is 2.25. The Labute approximate surface area is 441 Å². The van der Waals surface area contributed by atoms with Crippen molar-refractivity contribution in [3.63, 3.8) is 0 Å². The fourth-order valence-corrected chi connectivity index (χ4v) is 11.8. The van der Waals surface area contributed by atoms with Crippen LogP contribution in [0.3, 0.4) is 0 Å². The molecule has 0 saturated carbocycles. The maximum Gasteiger partial charge on any atom is 0.149 e. The number of fused-ring (bicyclic) bond motifs is 13. The van der Waals surface area contributed by atoms with E-state index < -0.39 is 0 Å². The number of phenolic OH excluding ortho intramolecular Hbond substituents is 1. The summed E-state index contributed by atoms with van der Waals surface area (Å²) in [5.74, 6) is 0.935. The summed E-state index contributed by atoms with van der Waals surface area (Å²) in [6.07, 6.45) is 2.04. The number of hydrogen-bond donors (Lipinski definition) is 1. The van der Waals surface area contributed by atoms with E-state index in [9.17, 15) is 5.11 Å². The van der Waals surface area contributed by atoms with E-state index in [0.29, 0.717) is 11.4 Å². The molecule has 1 N–H and O–H groups in total. The van der Waals surface area contributed by atoms with Crippen molar-refractivity contribution < 1.29 is 5.11 Å². The first kappa shape index (κ1) is 45.5. The Bertz CT molecular complexity index is 4760. The molecule has 364 valence electrons. The molecule has 0 aliphatic heterocycles. The van der Waals surface area contributed by atoms with Gasteiger partial charge in [-0.15, -0.1) is 0 Å². The topological polar surface area (TPSA) is 50.9 Å². The van der Waals surface area contributed by atoms with Crippen molar-refractivity contribution in [2.75, 3.05) is 0 Å². The van der Waals surface area contributed by atoms with Crippen LogP contribution < -0.4 is 0 Å². The average molecular weight is 978 g/mol. The van der Waals surface area contributed by atoms with Crippen LogP contribution in [0.5, 0.6) is 5.75 Å². The first-order valence-corrected chi connectivity index (χ1v) is 26.4. The van der Waals surface area contributed by atoms with Gasteiger partial charge in [0.25, 0.3) is 0 Å². The largest absolute Gasteiger partial charge is 0.507 e. The minimum absolute atomic E-state index is 0.195. The van der Waals surface area contributed by atoms with Gasteiger partial charge in [-0.1, -0.05) is 187 Å². The standard InChI is InChI=1S/C72H55N3O/c1-71(2,3)55-39-64(69(76)65(40-55)72(4,5)6)70-74-68-58(19-12-20-67(68)75(70)56-30-27-44(28-31-56)43-13-8-7-9-14-43)62-37-54-38-63-57(62)32-29-46-22-25-52(36-60(46)63)50-18-11-16-48(34-50)47-15-10-17-49(33-47)51-24-21-45-23-26-53-42-73-66(54)41-61(53)59(45)35-51/h7-42,76H,1-6H3. The van der Waals surface area contributed by atoms with Gasteiger partial charge in [0, 0.05) is 33.8 Å². The lowest BCUT2D eigenvalue weighted by Crippen LogP contribution is -2.17. The summed E-state index contributed by atoms with van der Waals surface area (Å²) in [5, 5.41) is 29.9. The summed E-state index contributed by atoms with van der Waals surface area (Å²) >= 11 is 0. The number of phenols is 1. The Balaban J connectivity index is 1.11. The van der Waals surface area contributed by atoms with Crippen LogP contribution in [0.15, 0.2) is 219 Å². The Morgan fingerprint density at radius 1 is 0.382 bits per heavy atom. The molecule has 0 fully saturated rings. The lowest BCUT2D eigenvalue weighted by atomic mass is 9.79. The normalized spacial score (nSPS) is 12.4. The smallest absolute Gasteiger partial charge is 0.149 e. The Morgan fingerprint density at radius 3 is 1.58 bits per heavy atom. The van der Waals surface area contributed by atoms with Gasteiger partial charge in [-0.05, 0) is 170 Å². The number of benzene rings is 11. The second-order valence-corrected chi connectivity index (χ2v) is 22.9. The van der Waals surface area contributed by atoms with E-state index in [-0.39, 0.29) is 16.6 Å². The highest BCUT2D eigenvalue weighted by Gasteiger charge is 2.29. The molecule has 0 saturated heterocycles. The van der Waals surface area contributed by atoms with Crippen molar-refractivity contribution in [3.05, 3.63) is 230 Å². The zero-order valence-electron chi connectivity index (χ0n) is 43.6. The molecule has 76 heavy (non-hydrogen) atoms. The zero-order chi connectivity index (χ0) is 51.6. The number of imidazole rings is 1. The van der Waals surface area contributed by atoms with Gasteiger partial charge in [-0.2, -0.15) is 0 Å². The van der Waals surface area contributed by atoms with Crippen molar-refractivity contribution >= 4 is 97.3 Å². The Morgan fingerprint density at radius 2 is 0.934 bits per heavy atom. The summed E-state index contributed by atoms with van der Waals surface area (Å²) in [6, 6.07) is 77.7. The van der Waals surface area contributed by atoms with Gasteiger partial charge in [-0.3, -0.25) is 9.55 Å². The fourth-order valence-electron chi connectivity index (χ4n) is 11.8. The lowest BCUT2D eigenvalue weighted by Gasteiger charge is -2.27. The Hall–Kier alpha value is -9.12. The second-order valence-electron chi connectivity index (χ2n) is 22.9. The average Bonchev–Trinajstić information content (AvgIpc) is 3.86. The summed E-state index contributed by atoms with van der Waals surface area (Å²) in [4.78, 5) is 11.0. The summed E-state index contributed by atoms with van der Waals surface area (Å²) in [7, 11) is 0. The van der Waals surface area contributed by atoms with Gasteiger partial charge in [0.2, 0.25) is 0 Å². The SMILES string of the molecule is CC(C)(C)c1cc(-c2nc3c(-c4cc5cc6c4ccc4ccc(cc46)c4cccc(c4)c4cccc(c4)c4ccc6ccc7cnc5cc7c6c4)cccc3n2-c2ccc(-c3ccccc3)cc2)c(O)c(C(C)(C)C)c1. The van der Waals surface area contributed by atoms with E-state index >= 15 is 0 Å². The van der Waals surface area contributed by atoms with Crippen LogP contribution in [-0.2, 0) is 10.8 Å². The minimum Gasteiger partial charge on any atom is -0.507 e. The zero-order valence-corrected chi connectivity index (χ0v) is 43.6. The first-order chi connectivity index (χ1) is 36.8. The summed E-state index contributed by atoms with van der Waals surface area (Å²) in [6.45, 7) is 13.2.